The van der Waals surface area contributed by atoms with Gasteiger partial charge < -0.3 is 15.4 Å². The molecule has 0 saturated heterocycles. The monoisotopic (exact) mass is 241 g/mol. The third kappa shape index (κ3) is 5.39. The molecule has 0 aromatic carbocycles. The highest BCUT2D eigenvalue weighted by Gasteiger charge is 2.41. The maximum absolute atomic E-state index is 5.43. The average Bonchev–Trinajstić information content (AvgIpc) is 3.10. The first-order valence-corrected chi connectivity index (χ1v) is 6.78. The van der Waals surface area contributed by atoms with Gasteiger partial charge in [-0.05, 0) is 38.0 Å². The predicted molar refractivity (Wildman–Crippen MR) is 72.4 cm³/mol. The molecule has 1 aliphatic rings. The van der Waals surface area contributed by atoms with E-state index in [2.05, 4.69) is 22.5 Å². The molecule has 4 nitrogen and oxygen atoms in total. The second-order valence-electron chi connectivity index (χ2n) is 4.80. The van der Waals surface area contributed by atoms with Gasteiger partial charge in [0.1, 0.15) is 0 Å². The minimum Gasteiger partial charge on any atom is -0.382 e. The highest BCUT2D eigenvalue weighted by Crippen LogP contribution is 2.48. The van der Waals surface area contributed by atoms with E-state index in [1.807, 2.05) is 14.0 Å². The molecular formula is C13H27N3O. The highest BCUT2D eigenvalue weighted by atomic mass is 16.5. The van der Waals surface area contributed by atoms with Crippen LogP contribution in [0.15, 0.2) is 4.99 Å². The van der Waals surface area contributed by atoms with E-state index in [0.717, 1.165) is 38.7 Å². The molecule has 0 aliphatic heterocycles. The van der Waals surface area contributed by atoms with Crippen LogP contribution < -0.4 is 10.6 Å². The number of ether oxygens (including phenoxy) is 1. The maximum Gasteiger partial charge on any atom is 0.190 e. The highest BCUT2D eigenvalue weighted by molar-refractivity contribution is 5.79. The van der Waals surface area contributed by atoms with Crippen molar-refractivity contribution in [1.82, 2.24) is 10.6 Å². The summed E-state index contributed by atoms with van der Waals surface area (Å²) in [6.45, 7) is 7.91. The van der Waals surface area contributed by atoms with Gasteiger partial charge in [-0.1, -0.05) is 6.92 Å². The number of nitrogens with one attached hydrogen (secondary N) is 2. The molecule has 0 aromatic heterocycles. The largest absolute Gasteiger partial charge is 0.382 e. The zero-order valence-electron chi connectivity index (χ0n) is 11.5. The zero-order chi connectivity index (χ0) is 12.6. The lowest BCUT2D eigenvalue weighted by Crippen LogP contribution is -2.40. The fourth-order valence-corrected chi connectivity index (χ4v) is 1.86. The van der Waals surface area contributed by atoms with E-state index < -0.39 is 0 Å². The Morgan fingerprint density at radius 1 is 1.29 bits per heavy atom. The molecular weight excluding hydrogens is 214 g/mol. The van der Waals surface area contributed by atoms with Crippen molar-refractivity contribution in [1.29, 1.82) is 0 Å². The average molecular weight is 241 g/mol. The van der Waals surface area contributed by atoms with Crippen LogP contribution in [0.4, 0.5) is 0 Å². The van der Waals surface area contributed by atoms with E-state index in [9.17, 15) is 0 Å². The van der Waals surface area contributed by atoms with Gasteiger partial charge in [-0.25, -0.2) is 0 Å². The van der Waals surface area contributed by atoms with Crippen LogP contribution in [0.5, 0.6) is 0 Å². The van der Waals surface area contributed by atoms with Crippen LogP contribution in [0.2, 0.25) is 0 Å². The molecule has 1 aliphatic carbocycles. The lowest BCUT2D eigenvalue weighted by molar-refractivity contribution is 0.128. The molecule has 100 valence electrons. The first-order valence-electron chi connectivity index (χ1n) is 6.78. The second-order valence-corrected chi connectivity index (χ2v) is 4.80. The Kier molecular flexibility index (Phi) is 6.34. The smallest absolute Gasteiger partial charge is 0.190 e. The number of nitrogens with zero attached hydrogens (tertiary/aromatic N) is 1. The Balaban J connectivity index is 2.19. The number of hydrogen-bond acceptors (Lipinski definition) is 2. The zero-order valence-corrected chi connectivity index (χ0v) is 11.5. The summed E-state index contributed by atoms with van der Waals surface area (Å²) >= 11 is 0. The van der Waals surface area contributed by atoms with Crippen molar-refractivity contribution < 1.29 is 4.74 Å². The minimum absolute atomic E-state index is 0.471. The summed E-state index contributed by atoms with van der Waals surface area (Å²) in [6, 6.07) is 0. The van der Waals surface area contributed by atoms with Gasteiger partial charge in [-0.3, -0.25) is 4.99 Å². The van der Waals surface area contributed by atoms with Crippen molar-refractivity contribution in [2.75, 3.05) is 33.4 Å². The van der Waals surface area contributed by atoms with Crippen molar-refractivity contribution >= 4 is 5.96 Å². The first kappa shape index (κ1) is 14.3. The molecule has 1 rings (SSSR count). The van der Waals surface area contributed by atoms with E-state index in [4.69, 9.17) is 4.74 Å². The first-order chi connectivity index (χ1) is 8.26. The molecule has 1 saturated carbocycles. The molecule has 17 heavy (non-hydrogen) atoms. The molecule has 0 atom stereocenters. The van der Waals surface area contributed by atoms with E-state index in [1.165, 1.54) is 19.3 Å². The van der Waals surface area contributed by atoms with Crippen molar-refractivity contribution in [3.63, 3.8) is 0 Å². The summed E-state index contributed by atoms with van der Waals surface area (Å²) in [7, 11) is 1.82. The van der Waals surface area contributed by atoms with Gasteiger partial charge in [0.05, 0.1) is 0 Å². The fourth-order valence-electron chi connectivity index (χ4n) is 1.86. The Morgan fingerprint density at radius 3 is 2.59 bits per heavy atom. The minimum atomic E-state index is 0.471. The normalized spacial score (nSPS) is 17.9. The number of rotatable bonds is 8. The standard InChI is InChI=1S/C13H27N3O/c1-4-9-15-12(14-3)16-11-13(6-7-13)8-10-17-5-2/h4-11H2,1-3H3,(H2,14,15,16). The summed E-state index contributed by atoms with van der Waals surface area (Å²) in [5.41, 5.74) is 0.471. The molecule has 1 fully saturated rings. The summed E-state index contributed by atoms with van der Waals surface area (Å²) in [4.78, 5) is 4.22. The summed E-state index contributed by atoms with van der Waals surface area (Å²) in [5, 5.41) is 6.71. The van der Waals surface area contributed by atoms with Crippen LogP contribution in [0.3, 0.4) is 0 Å². The molecule has 2 N–H and O–H groups in total. The van der Waals surface area contributed by atoms with Crippen LogP contribution in [0.25, 0.3) is 0 Å². The van der Waals surface area contributed by atoms with Crippen molar-refractivity contribution in [3.8, 4) is 0 Å². The molecule has 0 amide bonds. The summed E-state index contributed by atoms with van der Waals surface area (Å²) in [5.74, 6) is 0.925. The van der Waals surface area contributed by atoms with Crippen LogP contribution >= 0.6 is 0 Å². The molecule has 0 bridgehead atoms. The van der Waals surface area contributed by atoms with Gasteiger partial charge in [0, 0.05) is 33.4 Å². The van der Waals surface area contributed by atoms with Crippen LogP contribution in [0, 0.1) is 5.41 Å². The SMILES string of the molecule is CCCNC(=NC)NCC1(CCOCC)CC1. The summed E-state index contributed by atoms with van der Waals surface area (Å²) in [6.07, 6.45) is 4.92. The van der Waals surface area contributed by atoms with E-state index in [0.29, 0.717) is 5.41 Å². The number of aliphatic imine (C=N–C) groups is 1. The van der Waals surface area contributed by atoms with Gasteiger partial charge in [-0.2, -0.15) is 0 Å². The van der Waals surface area contributed by atoms with Gasteiger partial charge in [0.2, 0.25) is 0 Å². The number of hydrogen-bond donors (Lipinski definition) is 2. The topological polar surface area (TPSA) is 45.7 Å². The van der Waals surface area contributed by atoms with E-state index in [-0.39, 0.29) is 0 Å². The third-order valence-corrected chi connectivity index (χ3v) is 3.33. The van der Waals surface area contributed by atoms with Gasteiger partial charge >= 0.3 is 0 Å². The van der Waals surface area contributed by atoms with Gasteiger partial charge in [0.25, 0.3) is 0 Å². The van der Waals surface area contributed by atoms with Gasteiger partial charge in [0.15, 0.2) is 5.96 Å². The molecule has 0 aromatic rings. The molecule has 0 spiro atoms. The van der Waals surface area contributed by atoms with Crippen LogP contribution in [-0.4, -0.2) is 39.3 Å². The van der Waals surface area contributed by atoms with Crippen LogP contribution in [-0.2, 0) is 4.74 Å². The van der Waals surface area contributed by atoms with Crippen molar-refractivity contribution in [2.24, 2.45) is 10.4 Å². The molecule has 0 heterocycles. The van der Waals surface area contributed by atoms with Crippen molar-refractivity contribution in [2.45, 2.75) is 39.5 Å². The third-order valence-electron chi connectivity index (χ3n) is 3.33. The van der Waals surface area contributed by atoms with E-state index >= 15 is 0 Å². The maximum atomic E-state index is 5.43. The lowest BCUT2D eigenvalue weighted by atomic mass is 10.0. The fraction of sp³-hybridized carbons (Fsp3) is 0.923. The quantitative estimate of drug-likeness (QED) is 0.387. The molecule has 0 radical (unpaired) electrons. The molecule has 4 heteroatoms. The Labute approximate surface area is 105 Å². The Morgan fingerprint density at radius 2 is 2.06 bits per heavy atom. The van der Waals surface area contributed by atoms with Crippen LogP contribution in [0.1, 0.15) is 39.5 Å². The van der Waals surface area contributed by atoms with Gasteiger partial charge in [-0.15, -0.1) is 0 Å². The van der Waals surface area contributed by atoms with E-state index in [1.54, 1.807) is 0 Å². The van der Waals surface area contributed by atoms with Crippen molar-refractivity contribution in [3.05, 3.63) is 0 Å². The molecule has 0 unspecified atom stereocenters. The Bertz CT molecular complexity index is 237. The number of guanidine groups is 1. The lowest BCUT2D eigenvalue weighted by Gasteiger charge is -2.18. The predicted octanol–water partition coefficient (Wildman–Crippen LogP) is 1.77. The Hall–Kier alpha value is -0.770. The second kappa shape index (κ2) is 7.54. The summed E-state index contributed by atoms with van der Waals surface area (Å²) < 4.78 is 5.43.